The number of ether oxygens (including phenoxy) is 2. The summed E-state index contributed by atoms with van der Waals surface area (Å²) in [5.41, 5.74) is 2.55. The number of hydrogen-bond donors (Lipinski definition) is 0. The predicted molar refractivity (Wildman–Crippen MR) is 72.4 cm³/mol. The molecule has 2 aromatic rings. The van der Waals surface area contributed by atoms with Gasteiger partial charge in [-0.15, -0.1) is 0 Å². The van der Waals surface area contributed by atoms with Crippen LogP contribution in [0.25, 0.3) is 0 Å². The molecule has 0 unspecified atom stereocenters. The van der Waals surface area contributed by atoms with Gasteiger partial charge in [0.25, 0.3) is 0 Å². The summed E-state index contributed by atoms with van der Waals surface area (Å²) in [6, 6.07) is 16.3. The van der Waals surface area contributed by atoms with E-state index in [1.54, 1.807) is 14.2 Å². The Labute approximate surface area is 102 Å². The van der Waals surface area contributed by atoms with Crippen LogP contribution in [-0.2, 0) is 0 Å². The summed E-state index contributed by atoms with van der Waals surface area (Å²) < 4.78 is 10.3. The Balaban J connectivity index is 2.08. The molecule has 2 nitrogen and oxygen atoms in total. The number of benzene rings is 2. The van der Waals surface area contributed by atoms with Gasteiger partial charge in [0.15, 0.2) is 7.28 Å². The molecule has 2 rings (SSSR count). The van der Waals surface area contributed by atoms with Crippen molar-refractivity contribution in [2.45, 2.75) is 0 Å². The first kappa shape index (κ1) is 11.6. The van der Waals surface area contributed by atoms with Crippen molar-refractivity contribution in [3.63, 3.8) is 0 Å². The molecule has 0 aliphatic carbocycles. The topological polar surface area (TPSA) is 18.5 Å². The molecule has 0 aliphatic rings. The molecule has 17 heavy (non-hydrogen) atoms. The molecule has 0 heterocycles. The monoisotopic (exact) mass is 226 g/mol. The van der Waals surface area contributed by atoms with E-state index in [2.05, 4.69) is 24.3 Å². The van der Waals surface area contributed by atoms with Gasteiger partial charge >= 0.3 is 0 Å². The third-order valence-corrected chi connectivity index (χ3v) is 2.73. The highest BCUT2D eigenvalue weighted by molar-refractivity contribution is 6.67. The van der Waals surface area contributed by atoms with Crippen molar-refractivity contribution in [1.82, 2.24) is 0 Å². The van der Waals surface area contributed by atoms with Gasteiger partial charge in [-0.25, -0.2) is 0 Å². The Kier molecular flexibility index (Phi) is 3.71. The Morgan fingerprint density at radius 2 is 1.00 bits per heavy atom. The molecule has 86 valence electrons. The molecule has 2 aromatic carbocycles. The molecule has 0 saturated heterocycles. The lowest BCUT2D eigenvalue weighted by Crippen LogP contribution is -2.26. The normalized spacial score (nSPS) is 9.76. The van der Waals surface area contributed by atoms with E-state index in [-0.39, 0.29) is 0 Å². The molecule has 0 spiro atoms. The Hall–Kier alpha value is -1.90. The average Bonchev–Trinajstić information content (AvgIpc) is 2.40. The van der Waals surface area contributed by atoms with Gasteiger partial charge < -0.3 is 9.47 Å². The first-order valence-corrected chi connectivity index (χ1v) is 5.57. The second-order valence-corrected chi connectivity index (χ2v) is 3.87. The molecule has 0 amide bonds. The number of methoxy groups -OCH3 is 2. The van der Waals surface area contributed by atoms with Crippen molar-refractivity contribution in [2.24, 2.45) is 0 Å². The van der Waals surface area contributed by atoms with Crippen LogP contribution in [0.1, 0.15) is 0 Å². The average molecular weight is 226 g/mol. The van der Waals surface area contributed by atoms with Crippen LogP contribution in [0.15, 0.2) is 48.5 Å². The lowest BCUT2D eigenvalue weighted by atomic mass is 9.64. The minimum Gasteiger partial charge on any atom is -0.497 e. The van der Waals surface area contributed by atoms with Gasteiger partial charge in [-0.3, -0.25) is 0 Å². The molecule has 0 aliphatic heterocycles. The van der Waals surface area contributed by atoms with Crippen LogP contribution in [0.3, 0.4) is 0 Å². The molecule has 0 N–H and O–H groups in total. The number of rotatable bonds is 4. The van der Waals surface area contributed by atoms with Crippen molar-refractivity contribution in [3.8, 4) is 11.5 Å². The van der Waals surface area contributed by atoms with E-state index in [0.29, 0.717) is 0 Å². The Bertz CT molecular complexity index is 417. The maximum Gasteiger partial charge on any atom is 0.192 e. The van der Waals surface area contributed by atoms with Crippen LogP contribution in [0.2, 0.25) is 0 Å². The summed E-state index contributed by atoms with van der Waals surface area (Å²) in [6.45, 7) is 0. The van der Waals surface area contributed by atoms with Crippen molar-refractivity contribution < 1.29 is 9.47 Å². The van der Waals surface area contributed by atoms with E-state index >= 15 is 0 Å². The summed E-state index contributed by atoms with van der Waals surface area (Å²) >= 11 is 0. The van der Waals surface area contributed by atoms with Gasteiger partial charge in [-0.2, -0.15) is 0 Å². The van der Waals surface area contributed by atoms with Crippen LogP contribution in [0.5, 0.6) is 11.5 Å². The summed E-state index contributed by atoms with van der Waals surface area (Å²) in [7, 11) is 4.28. The van der Waals surface area contributed by atoms with Crippen LogP contribution in [-0.4, -0.2) is 21.5 Å². The molecular weight excluding hydrogens is 211 g/mol. The molecule has 0 fully saturated rings. The van der Waals surface area contributed by atoms with Crippen LogP contribution in [0, 0.1) is 0 Å². The van der Waals surface area contributed by atoms with Gasteiger partial charge in [0.05, 0.1) is 14.2 Å². The van der Waals surface area contributed by atoms with Gasteiger partial charge in [0.2, 0.25) is 0 Å². The highest BCUT2D eigenvalue weighted by Gasteiger charge is 2.00. The van der Waals surface area contributed by atoms with Crippen molar-refractivity contribution >= 4 is 18.2 Å². The largest absolute Gasteiger partial charge is 0.497 e. The smallest absolute Gasteiger partial charge is 0.192 e. The minimum atomic E-state index is 0.892. The fourth-order valence-electron chi connectivity index (χ4n) is 1.72. The van der Waals surface area contributed by atoms with Gasteiger partial charge in [0.1, 0.15) is 11.5 Å². The van der Waals surface area contributed by atoms with E-state index in [9.17, 15) is 0 Å². The van der Waals surface area contributed by atoms with Crippen LogP contribution < -0.4 is 20.4 Å². The lowest BCUT2D eigenvalue weighted by Gasteiger charge is -2.04. The molecule has 3 heteroatoms. The van der Waals surface area contributed by atoms with Crippen LogP contribution >= 0.6 is 0 Å². The van der Waals surface area contributed by atoms with Crippen molar-refractivity contribution in [2.75, 3.05) is 14.2 Å². The van der Waals surface area contributed by atoms with Crippen LogP contribution in [0.4, 0.5) is 0 Å². The highest BCUT2D eigenvalue weighted by Crippen LogP contribution is 2.06. The zero-order chi connectivity index (χ0) is 12.1. The van der Waals surface area contributed by atoms with E-state index in [0.717, 1.165) is 18.8 Å². The summed E-state index contributed by atoms with van der Waals surface area (Å²) in [6.07, 6.45) is 0. The molecular formula is C14H15BO2. The fourth-order valence-corrected chi connectivity index (χ4v) is 1.72. The Morgan fingerprint density at radius 3 is 1.29 bits per heavy atom. The zero-order valence-corrected chi connectivity index (χ0v) is 10.1. The molecule has 0 saturated carbocycles. The van der Waals surface area contributed by atoms with Gasteiger partial charge in [0, 0.05) is 0 Å². The van der Waals surface area contributed by atoms with Gasteiger partial charge in [-0.05, 0) is 24.3 Å². The molecule has 0 atom stereocenters. The van der Waals surface area contributed by atoms with Crippen molar-refractivity contribution in [3.05, 3.63) is 48.5 Å². The SMILES string of the molecule is COc1ccc(Bc2ccc(OC)cc2)cc1. The van der Waals surface area contributed by atoms with E-state index in [1.807, 2.05) is 24.3 Å². The maximum absolute atomic E-state index is 5.13. The molecule has 0 radical (unpaired) electrons. The number of hydrogen-bond acceptors (Lipinski definition) is 2. The fraction of sp³-hybridized carbons (Fsp3) is 0.143. The highest BCUT2D eigenvalue weighted by atomic mass is 16.5. The summed E-state index contributed by atoms with van der Waals surface area (Å²) in [4.78, 5) is 0. The standard InChI is InChI=1S/C14H15BO2/c1-16-13-7-3-11(4-8-13)15-12-5-9-14(17-2)10-6-12/h3-10,15H,1-2H3. The van der Waals surface area contributed by atoms with E-state index in [1.165, 1.54) is 10.9 Å². The second kappa shape index (κ2) is 5.44. The quantitative estimate of drug-likeness (QED) is 0.726. The molecule has 0 bridgehead atoms. The van der Waals surface area contributed by atoms with Crippen molar-refractivity contribution in [1.29, 1.82) is 0 Å². The Morgan fingerprint density at radius 1 is 0.647 bits per heavy atom. The third-order valence-electron chi connectivity index (χ3n) is 2.73. The first-order chi connectivity index (χ1) is 8.31. The first-order valence-electron chi connectivity index (χ1n) is 5.57. The van der Waals surface area contributed by atoms with E-state index < -0.39 is 0 Å². The zero-order valence-electron chi connectivity index (χ0n) is 10.1. The van der Waals surface area contributed by atoms with E-state index in [4.69, 9.17) is 9.47 Å². The second-order valence-electron chi connectivity index (χ2n) is 3.87. The summed E-state index contributed by atoms with van der Waals surface area (Å²) in [5.74, 6) is 1.78. The predicted octanol–water partition coefficient (Wildman–Crippen LogP) is 1.09. The summed E-state index contributed by atoms with van der Waals surface area (Å²) in [5, 5.41) is 0. The molecule has 0 aromatic heterocycles. The maximum atomic E-state index is 5.13. The minimum absolute atomic E-state index is 0.892. The van der Waals surface area contributed by atoms with Gasteiger partial charge in [-0.1, -0.05) is 35.2 Å². The lowest BCUT2D eigenvalue weighted by molar-refractivity contribution is 0.415. The third kappa shape index (κ3) is 3.03.